The number of nitrogens with two attached hydrogens (primary N) is 1. The van der Waals surface area contributed by atoms with Crippen LogP contribution >= 0.6 is 34.5 Å². The first kappa shape index (κ1) is 34.7. The first-order valence-electron chi connectivity index (χ1n) is 16.8. The lowest BCUT2D eigenvalue weighted by atomic mass is 9.95. The van der Waals surface area contributed by atoms with E-state index in [1.807, 2.05) is 17.9 Å². The van der Waals surface area contributed by atoms with Crippen LogP contribution in [0.15, 0.2) is 30.7 Å². The van der Waals surface area contributed by atoms with Gasteiger partial charge in [-0.2, -0.15) is 15.2 Å². The van der Waals surface area contributed by atoms with E-state index in [-0.39, 0.29) is 83.6 Å². The smallest absolute Gasteiger partial charge is 0.329 e. The van der Waals surface area contributed by atoms with Gasteiger partial charge in [-0.25, -0.2) is 22.9 Å². The molecule has 0 radical (unpaired) electrons. The van der Waals surface area contributed by atoms with E-state index in [0.717, 1.165) is 30.7 Å². The number of imidazole rings is 1. The number of anilines is 2. The summed E-state index contributed by atoms with van der Waals surface area (Å²) in [4.78, 5) is 32.3. The molecule has 2 N–H and O–H groups in total. The number of carbonyl (C=O) groups is 1. The number of benzene rings is 2. The number of alkyl halides is 1. The number of likely N-dealkylation sites (tertiary alicyclic amines) is 1. The van der Waals surface area contributed by atoms with Gasteiger partial charge in [0.2, 0.25) is 0 Å². The Kier molecular flexibility index (Phi) is 8.64. The topological polar surface area (TPSA) is 129 Å². The first-order valence-corrected chi connectivity index (χ1v) is 18.3. The van der Waals surface area contributed by atoms with Crippen LogP contribution in [0.4, 0.5) is 28.8 Å². The highest BCUT2D eigenvalue weighted by atomic mass is 35.5. The molecule has 5 aromatic rings. The highest BCUT2D eigenvalue weighted by Crippen LogP contribution is 2.46. The molecule has 3 aliphatic heterocycles. The molecule has 270 valence electrons. The monoisotopic (exact) mass is 769 g/mol. The SMILES string of the molecule is C[C@@H]1[C@H](N(C)c2nc(OC[C@@]34CCCN3C[C@H](F)C4)nc3c(F)c(-c4ccc(F)c5sc(N)c(C#N)c45)c(Cl)cc23)CCN1C(=O)n1cnc(Cl)c1. The third kappa shape index (κ3) is 5.50. The van der Waals surface area contributed by atoms with Crippen LogP contribution in [0, 0.1) is 23.0 Å². The van der Waals surface area contributed by atoms with Gasteiger partial charge < -0.3 is 20.3 Å². The first-order chi connectivity index (χ1) is 24.9. The van der Waals surface area contributed by atoms with E-state index in [9.17, 15) is 18.8 Å². The fraction of sp³-hybridized carbons (Fsp3) is 0.400. The number of aromatic nitrogens is 4. The zero-order valence-corrected chi connectivity index (χ0v) is 30.4. The molecule has 3 aromatic heterocycles. The number of nitrogens with zero attached hydrogens (tertiary/aromatic N) is 8. The predicted molar refractivity (Wildman–Crippen MR) is 194 cm³/mol. The molecule has 52 heavy (non-hydrogen) atoms. The Morgan fingerprint density at radius 1 is 1.27 bits per heavy atom. The fourth-order valence-electron chi connectivity index (χ4n) is 8.32. The molecule has 1 amide bonds. The Labute approximate surface area is 310 Å². The number of likely N-dealkylation sites (N-methyl/N-ethyl adjacent to an activating group) is 1. The highest BCUT2D eigenvalue weighted by molar-refractivity contribution is 7.23. The second-order valence-electron chi connectivity index (χ2n) is 13.7. The molecule has 6 heterocycles. The zero-order valence-electron chi connectivity index (χ0n) is 28.0. The van der Waals surface area contributed by atoms with Crippen molar-refractivity contribution in [3.05, 3.63) is 58.1 Å². The van der Waals surface area contributed by atoms with E-state index >= 15 is 4.39 Å². The molecule has 3 aliphatic rings. The van der Waals surface area contributed by atoms with E-state index in [0.29, 0.717) is 31.7 Å². The fourth-order valence-corrected chi connectivity index (χ4v) is 9.71. The molecular weight excluding hydrogens is 738 g/mol. The highest BCUT2D eigenvalue weighted by Gasteiger charge is 2.49. The molecule has 3 fully saturated rings. The number of nitrogen functional groups attached to an aromatic ring is 1. The van der Waals surface area contributed by atoms with Crippen molar-refractivity contribution in [2.24, 2.45) is 0 Å². The van der Waals surface area contributed by atoms with Gasteiger partial charge >= 0.3 is 12.0 Å². The molecular formula is C35H32Cl2F3N9O2S. The quantitative estimate of drug-likeness (QED) is 0.190. The summed E-state index contributed by atoms with van der Waals surface area (Å²) in [6.45, 7) is 3.54. The van der Waals surface area contributed by atoms with Gasteiger partial charge in [0.1, 0.15) is 52.5 Å². The number of hydrogen-bond donors (Lipinski definition) is 1. The maximum Gasteiger partial charge on any atom is 0.329 e. The van der Waals surface area contributed by atoms with Crippen LogP contribution in [-0.4, -0.2) is 92.4 Å². The summed E-state index contributed by atoms with van der Waals surface area (Å²) in [5.74, 6) is -1.13. The number of rotatable bonds is 6. The van der Waals surface area contributed by atoms with Gasteiger partial charge in [-0.1, -0.05) is 29.3 Å². The molecule has 4 atom stereocenters. The maximum absolute atomic E-state index is 17.1. The number of carbonyl (C=O) groups excluding carboxylic acids is 1. The lowest BCUT2D eigenvalue weighted by Gasteiger charge is -2.33. The Hall–Kier alpha value is -4.36. The largest absolute Gasteiger partial charge is 0.461 e. The second-order valence-corrected chi connectivity index (χ2v) is 15.5. The molecule has 3 saturated heterocycles. The number of halogens is 5. The van der Waals surface area contributed by atoms with Gasteiger partial charge in [-0.3, -0.25) is 9.47 Å². The summed E-state index contributed by atoms with van der Waals surface area (Å²) < 4.78 is 54.4. The number of fused-ring (bicyclic) bond motifs is 3. The van der Waals surface area contributed by atoms with E-state index in [1.54, 1.807) is 18.0 Å². The van der Waals surface area contributed by atoms with E-state index in [4.69, 9.17) is 38.7 Å². The van der Waals surface area contributed by atoms with Gasteiger partial charge in [-0.15, -0.1) is 11.3 Å². The number of hydrogen-bond acceptors (Lipinski definition) is 10. The van der Waals surface area contributed by atoms with Gasteiger partial charge in [0, 0.05) is 42.9 Å². The molecule has 0 bridgehead atoms. The second kappa shape index (κ2) is 12.9. The molecule has 0 spiro atoms. The number of amides is 1. The van der Waals surface area contributed by atoms with Crippen molar-refractivity contribution in [3.63, 3.8) is 0 Å². The minimum atomic E-state index is -0.977. The number of ether oxygens (including phenoxy) is 1. The molecule has 2 aromatic carbocycles. The van der Waals surface area contributed by atoms with Crippen molar-refractivity contribution < 1.29 is 22.7 Å². The van der Waals surface area contributed by atoms with Crippen molar-refractivity contribution in [1.29, 1.82) is 5.26 Å². The van der Waals surface area contributed by atoms with Gasteiger partial charge in [0.15, 0.2) is 5.82 Å². The summed E-state index contributed by atoms with van der Waals surface area (Å²) in [5, 5.41) is 10.6. The van der Waals surface area contributed by atoms with E-state index in [1.165, 1.54) is 29.2 Å². The summed E-state index contributed by atoms with van der Waals surface area (Å²) in [5.41, 5.74) is 5.56. The van der Waals surface area contributed by atoms with Gasteiger partial charge in [0.05, 0.1) is 39.1 Å². The molecule has 8 rings (SSSR count). The average molecular weight is 771 g/mol. The Morgan fingerprint density at radius 3 is 2.83 bits per heavy atom. The summed E-state index contributed by atoms with van der Waals surface area (Å²) in [6.07, 6.45) is 4.35. The Morgan fingerprint density at radius 2 is 2.08 bits per heavy atom. The zero-order chi connectivity index (χ0) is 36.6. The van der Waals surface area contributed by atoms with Gasteiger partial charge in [0.25, 0.3) is 0 Å². The van der Waals surface area contributed by atoms with Crippen molar-refractivity contribution >= 4 is 72.4 Å². The summed E-state index contributed by atoms with van der Waals surface area (Å²) in [7, 11) is 1.80. The number of nitriles is 1. The lowest BCUT2D eigenvalue weighted by Crippen LogP contribution is -2.45. The third-order valence-electron chi connectivity index (χ3n) is 10.8. The van der Waals surface area contributed by atoms with Crippen LogP contribution in [0.5, 0.6) is 6.01 Å². The van der Waals surface area contributed by atoms with Crippen LogP contribution in [-0.2, 0) is 0 Å². The third-order valence-corrected chi connectivity index (χ3v) is 12.4. The summed E-state index contributed by atoms with van der Waals surface area (Å²) in [6, 6.07) is 5.11. The molecule has 0 saturated carbocycles. The maximum atomic E-state index is 17.1. The van der Waals surface area contributed by atoms with Crippen molar-refractivity contribution in [2.75, 3.05) is 43.9 Å². The minimum absolute atomic E-state index is 0.0209. The van der Waals surface area contributed by atoms with Gasteiger partial charge in [-0.05, 0) is 50.4 Å². The summed E-state index contributed by atoms with van der Waals surface area (Å²) >= 11 is 13.8. The van der Waals surface area contributed by atoms with Crippen LogP contribution in [0.3, 0.4) is 0 Å². The lowest BCUT2D eigenvalue weighted by molar-refractivity contribution is 0.107. The molecule has 17 heteroatoms. The Bertz CT molecular complexity index is 2310. The molecule has 0 aliphatic carbocycles. The Balaban J connectivity index is 1.24. The average Bonchev–Trinajstić information content (AvgIpc) is 3.93. The van der Waals surface area contributed by atoms with Crippen molar-refractivity contribution in [1.82, 2.24) is 29.3 Å². The van der Waals surface area contributed by atoms with Crippen LogP contribution in [0.25, 0.3) is 32.1 Å². The van der Waals surface area contributed by atoms with E-state index < -0.39 is 23.3 Å². The van der Waals surface area contributed by atoms with Crippen molar-refractivity contribution in [2.45, 2.75) is 56.4 Å². The van der Waals surface area contributed by atoms with Crippen molar-refractivity contribution in [3.8, 4) is 23.2 Å². The number of thiophene rings is 1. The van der Waals surface area contributed by atoms with E-state index in [2.05, 4.69) is 14.9 Å². The normalized spacial score (nSPS) is 23.1. The predicted octanol–water partition coefficient (Wildman–Crippen LogP) is 7.27. The minimum Gasteiger partial charge on any atom is -0.461 e. The molecule has 0 unspecified atom stereocenters. The van der Waals surface area contributed by atoms with Crippen LogP contribution < -0.4 is 15.4 Å². The molecule has 11 nitrogen and oxygen atoms in total. The standard InChI is InChI=1S/C35H32Cl2F3N9O2S/c1-17-24(6-9-49(17)34(50)47-14-25(37)43-16-47)46(2)32-20-10-22(36)27(19-4-5-23(39)30-26(19)21(12-41)31(42)52-30)28(40)29(20)44-33(45-32)51-15-35-7-3-8-48(35)13-18(38)11-35/h4-5,10,14,16-18,24H,3,6-9,11,13,15,42H2,1-2H3/t17-,18-,24-,35+/m1/s1. The van der Waals surface area contributed by atoms with Crippen LogP contribution in [0.2, 0.25) is 10.2 Å². The van der Waals surface area contributed by atoms with Crippen LogP contribution in [0.1, 0.15) is 38.2 Å².